The molecule has 0 radical (unpaired) electrons. The van der Waals surface area contributed by atoms with E-state index in [4.69, 9.17) is 4.74 Å². The molecule has 0 aliphatic rings. The maximum atomic E-state index is 5.47. The van der Waals surface area contributed by atoms with Gasteiger partial charge < -0.3 is 10.1 Å². The molecule has 0 aliphatic heterocycles. The summed E-state index contributed by atoms with van der Waals surface area (Å²) in [7, 11) is 3.75. The lowest BCUT2D eigenvalue weighted by molar-refractivity contribution is 0.0678. The quantitative estimate of drug-likeness (QED) is 0.763. The first-order valence-corrected chi connectivity index (χ1v) is 5.96. The first-order chi connectivity index (χ1) is 7.74. The summed E-state index contributed by atoms with van der Waals surface area (Å²) in [6.45, 7) is 5.16. The van der Waals surface area contributed by atoms with Gasteiger partial charge in [0.1, 0.15) is 0 Å². The number of aromatic nitrogens is 2. The van der Waals surface area contributed by atoms with Crippen molar-refractivity contribution in [3.05, 3.63) is 18.0 Å². The van der Waals surface area contributed by atoms with Crippen molar-refractivity contribution in [2.24, 2.45) is 0 Å². The van der Waals surface area contributed by atoms with E-state index in [2.05, 4.69) is 30.5 Å². The Hall–Kier alpha value is -0.870. The Bertz CT molecular complexity index is 294. The van der Waals surface area contributed by atoms with E-state index in [-0.39, 0.29) is 6.10 Å². The van der Waals surface area contributed by atoms with Gasteiger partial charge in [-0.25, -0.2) is 0 Å². The Morgan fingerprint density at radius 1 is 1.50 bits per heavy atom. The smallest absolute Gasteiger partial charge is 0.0724 e. The molecule has 4 heteroatoms. The van der Waals surface area contributed by atoms with Gasteiger partial charge in [0.2, 0.25) is 0 Å². The minimum absolute atomic E-state index is 0.259. The number of ether oxygens (including phenoxy) is 1. The Morgan fingerprint density at radius 2 is 2.25 bits per heavy atom. The summed E-state index contributed by atoms with van der Waals surface area (Å²) in [6, 6.07) is 0.351. The van der Waals surface area contributed by atoms with Crippen LogP contribution in [0.15, 0.2) is 12.4 Å². The maximum Gasteiger partial charge on any atom is 0.0724 e. The van der Waals surface area contributed by atoms with Crippen molar-refractivity contribution < 1.29 is 4.74 Å². The van der Waals surface area contributed by atoms with Crippen LogP contribution in [0.2, 0.25) is 0 Å². The van der Waals surface area contributed by atoms with Crippen molar-refractivity contribution in [1.29, 1.82) is 0 Å². The average molecular weight is 225 g/mol. The van der Waals surface area contributed by atoms with Crippen LogP contribution in [0.5, 0.6) is 0 Å². The summed E-state index contributed by atoms with van der Waals surface area (Å²) in [5.41, 5.74) is 1.26. The lowest BCUT2D eigenvalue weighted by Crippen LogP contribution is -2.40. The van der Waals surface area contributed by atoms with E-state index in [0.29, 0.717) is 6.04 Å². The molecular formula is C12H23N3O. The number of nitrogens with zero attached hydrogens (tertiary/aromatic N) is 2. The van der Waals surface area contributed by atoms with Gasteiger partial charge in [0.05, 0.1) is 12.3 Å². The minimum Gasteiger partial charge on any atom is -0.380 e. The molecule has 0 fully saturated rings. The molecule has 0 amide bonds. The highest BCUT2D eigenvalue weighted by Crippen LogP contribution is 2.10. The normalized spacial score (nSPS) is 15.0. The molecule has 1 aromatic heterocycles. The van der Waals surface area contributed by atoms with E-state index in [9.17, 15) is 0 Å². The van der Waals surface area contributed by atoms with Crippen LogP contribution in [-0.2, 0) is 17.7 Å². The second-order valence-electron chi connectivity index (χ2n) is 3.99. The van der Waals surface area contributed by atoms with Crippen LogP contribution in [0.25, 0.3) is 0 Å². The van der Waals surface area contributed by atoms with Crippen LogP contribution in [0.1, 0.15) is 25.8 Å². The summed E-state index contributed by atoms with van der Waals surface area (Å²) >= 11 is 0. The van der Waals surface area contributed by atoms with E-state index in [1.807, 2.05) is 17.9 Å². The van der Waals surface area contributed by atoms with Crippen molar-refractivity contribution in [3.8, 4) is 0 Å². The van der Waals surface area contributed by atoms with E-state index >= 15 is 0 Å². The summed E-state index contributed by atoms with van der Waals surface area (Å²) < 4.78 is 7.42. The fourth-order valence-electron chi connectivity index (χ4n) is 1.97. The largest absolute Gasteiger partial charge is 0.380 e. The van der Waals surface area contributed by atoms with Gasteiger partial charge in [0.25, 0.3) is 0 Å². The fraction of sp³-hybridized carbons (Fsp3) is 0.750. The summed E-state index contributed by atoms with van der Waals surface area (Å²) in [4.78, 5) is 0. The zero-order chi connectivity index (χ0) is 12.0. The predicted molar refractivity (Wildman–Crippen MR) is 65.5 cm³/mol. The molecule has 0 saturated carbocycles. The highest BCUT2D eigenvalue weighted by atomic mass is 16.5. The molecule has 1 N–H and O–H groups in total. The summed E-state index contributed by atoms with van der Waals surface area (Å²) in [6.07, 6.45) is 6.28. The third-order valence-corrected chi connectivity index (χ3v) is 2.99. The first-order valence-electron chi connectivity index (χ1n) is 5.96. The van der Waals surface area contributed by atoms with E-state index in [1.165, 1.54) is 5.56 Å². The molecule has 92 valence electrons. The molecule has 2 atom stereocenters. The molecule has 1 heterocycles. The summed E-state index contributed by atoms with van der Waals surface area (Å²) in [5, 5.41) is 7.60. The van der Waals surface area contributed by atoms with Gasteiger partial charge in [0.15, 0.2) is 0 Å². The van der Waals surface area contributed by atoms with Crippen LogP contribution in [0.4, 0.5) is 0 Å². The van der Waals surface area contributed by atoms with Gasteiger partial charge in [0, 0.05) is 25.9 Å². The number of hydrogen-bond acceptors (Lipinski definition) is 3. The highest BCUT2D eigenvalue weighted by Gasteiger charge is 2.18. The first kappa shape index (κ1) is 13.2. The Balaban J connectivity index is 2.61. The molecular weight excluding hydrogens is 202 g/mol. The average Bonchev–Trinajstić information content (AvgIpc) is 2.77. The predicted octanol–water partition coefficient (Wildman–Crippen LogP) is 1.46. The lowest BCUT2D eigenvalue weighted by Gasteiger charge is -2.24. The van der Waals surface area contributed by atoms with Gasteiger partial charge in [-0.15, -0.1) is 0 Å². The monoisotopic (exact) mass is 225 g/mol. The highest BCUT2D eigenvalue weighted by molar-refractivity contribution is 5.07. The Morgan fingerprint density at radius 3 is 2.69 bits per heavy atom. The van der Waals surface area contributed by atoms with Gasteiger partial charge in [-0.05, 0) is 32.4 Å². The number of aryl methyl sites for hydroxylation is 1. The second kappa shape index (κ2) is 6.66. The van der Waals surface area contributed by atoms with Crippen LogP contribution < -0.4 is 5.32 Å². The van der Waals surface area contributed by atoms with Gasteiger partial charge in [-0.1, -0.05) is 6.92 Å². The summed E-state index contributed by atoms with van der Waals surface area (Å²) in [5.74, 6) is 0. The molecule has 1 aromatic rings. The van der Waals surface area contributed by atoms with E-state index < -0.39 is 0 Å². The van der Waals surface area contributed by atoms with Crippen LogP contribution in [-0.4, -0.2) is 36.1 Å². The van der Waals surface area contributed by atoms with Crippen molar-refractivity contribution >= 4 is 0 Å². The molecule has 16 heavy (non-hydrogen) atoms. The zero-order valence-corrected chi connectivity index (χ0v) is 10.7. The number of rotatable bonds is 7. The molecule has 0 aliphatic carbocycles. The number of methoxy groups -OCH3 is 1. The van der Waals surface area contributed by atoms with Crippen LogP contribution >= 0.6 is 0 Å². The molecule has 1 rings (SSSR count). The molecule has 2 unspecified atom stereocenters. The number of hydrogen-bond donors (Lipinski definition) is 1. The van der Waals surface area contributed by atoms with Crippen molar-refractivity contribution in [3.63, 3.8) is 0 Å². The molecule has 0 spiro atoms. The number of likely N-dealkylation sites (N-methyl/N-ethyl adjacent to an activating group) is 1. The van der Waals surface area contributed by atoms with Crippen molar-refractivity contribution in [1.82, 2.24) is 15.1 Å². The van der Waals surface area contributed by atoms with E-state index in [0.717, 1.165) is 19.4 Å². The zero-order valence-electron chi connectivity index (χ0n) is 10.7. The fourth-order valence-corrected chi connectivity index (χ4v) is 1.97. The number of nitrogens with one attached hydrogen (secondary N) is 1. The van der Waals surface area contributed by atoms with Crippen LogP contribution in [0.3, 0.4) is 0 Å². The van der Waals surface area contributed by atoms with E-state index in [1.54, 1.807) is 7.11 Å². The lowest BCUT2D eigenvalue weighted by atomic mass is 10.0. The molecule has 0 aromatic carbocycles. The SMILES string of the molecule is CCC(OC)C(Cc1cnn(CC)c1)NC. The molecule has 4 nitrogen and oxygen atoms in total. The second-order valence-corrected chi connectivity index (χ2v) is 3.99. The van der Waals surface area contributed by atoms with Gasteiger partial charge in [-0.2, -0.15) is 5.10 Å². The third-order valence-electron chi connectivity index (χ3n) is 2.99. The Kier molecular flexibility index (Phi) is 5.49. The van der Waals surface area contributed by atoms with Crippen LogP contribution in [0, 0.1) is 0 Å². The topological polar surface area (TPSA) is 39.1 Å². The minimum atomic E-state index is 0.259. The molecule has 0 bridgehead atoms. The Labute approximate surface area is 98.0 Å². The van der Waals surface area contributed by atoms with Gasteiger partial charge in [-0.3, -0.25) is 4.68 Å². The van der Waals surface area contributed by atoms with Crippen molar-refractivity contribution in [2.45, 2.75) is 45.4 Å². The van der Waals surface area contributed by atoms with Crippen molar-refractivity contribution in [2.75, 3.05) is 14.2 Å². The van der Waals surface area contributed by atoms with Gasteiger partial charge >= 0.3 is 0 Å². The maximum absolute atomic E-state index is 5.47. The standard InChI is InChI=1S/C12H23N3O/c1-5-12(16-4)11(13-3)7-10-8-14-15(6-2)9-10/h8-9,11-13H,5-7H2,1-4H3. The third kappa shape index (κ3) is 3.32. The molecule has 0 saturated heterocycles.